The molecule has 0 saturated carbocycles. The molecule has 11 heteroatoms. The highest BCUT2D eigenvalue weighted by molar-refractivity contribution is 6.33. The first kappa shape index (κ1) is 31.4. The van der Waals surface area contributed by atoms with Gasteiger partial charge in [-0.1, -0.05) is 37.6 Å². The highest BCUT2D eigenvalue weighted by atomic mass is 35.5. The number of aromatic nitrogens is 4. The van der Waals surface area contributed by atoms with Gasteiger partial charge >= 0.3 is 11.8 Å². The van der Waals surface area contributed by atoms with Gasteiger partial charge in [0.2, 0.25) is 0 Å². The second kappa shape index (κ2) is 11.8. The van der Waals surface area contributed by atoms with E-state index in [1.807, 2.05) is 66.4 Å². The third-order valence-corrected chi connectivity index (χ3v) is 7.97. The van der Waals surface area contributed by atoms with E-state index in [2.05, 4.69) is 9.97 Å². The van der Waals surface area contributed by atoms with Crippen LogP contribution in [0.5, 0.6) is 0 Å². The van der Waals surface area contributed by atoms with E-state index in [9.17, 15) is 9.59 Å². The van der Waals surface area contributed by atoms with E-state index in [0.29, 0.717) is 35.7 Å². The van der Waals surface area contributed by atoms with Gasteiger partial charge in [-0.25, -0.2) is 23.5 Å². The zero-order valence-corrected chi connectivity index (χ0v) is 27.1. The van der Waals surface area contributed by atoms with Gasteiger partial charge in [-0.05, 0) is 77.3 Å². The molecule has 0 unspecified atom stereocenters. The van der Waals surface area contributed by atoms with Crippen molar-refractivity contribution in [3.8, 4) is 16.9 Å². The maximum Gasteiger partial charge on any atom is 0.410 e. The average Bonchev–Trinajstić information content (AvgIpc) is 2.92. The van der Waals surface area contributed by atoms with Gasteiger partial charge in [0, 0.05) is 24.8 Å². The minimum absolute atomic E-state index is 0.00695. The molecule has 4 aromatic rings. The fraction of sp³-hybridized carbons (Fsp3) is 0.424. The minimum Gasteiger partial charge on any atom is -0.444 e. The van der Waals surface area contributed by atoms with Gasteiger partial charge in [0.15, 0.2) is 5.65 Å². The van der Waals surface area contributed by atoms with E-state index in [1.165, 1.54) is 10.6 Å². The van der Waals surface area contributed by atoms with Crippen molar-refractivity contribution in [2.24, 2.45) is 0 Å². The van der Waals surface area contributed by atoms with Crippen molar-refractivity contribution in [1.29, 1.82) is 0 Å². The van der Waals surface area contributed by atoms with Crippen LogP contribution in [0.15, 0.2) is 47.4 Å². The summed E-state index contributed by atoms with van der Waals surface area (Å²) in [6, 6.07) is 9.29. The summed E-state index contributed by atoms with van der Waals surface area (Å²) >= 11 is 6.81. The number of carbonyl (C=O) groups excluding carboxylic acids is 1. The van der Waals surface area contributed by atoms with Gasteiger partial charge in [0.1, 0.15) is 17.2 Å². The Labute approximate surface area is 261 Å². The Morgan fingerprint density at radius 2 is 1.75 bits per heavy atom. The van der Waals surface area contributed by atoms with Crippen LogP contribution in [-0.4, -0.2) is 61.3 Å². The van der Waals surface area contributed by atoms with Gasteiger partial charge in [0.25, 0.3) is 0 Å². The first-order valence-electron chi connectivity index (χ1n) is 14.8. The molecule has 1 fully saturated rings. The number of piperazine rings is 1. The number of anilines is 1. The van der Waals surface area contributed by atoms with Crippen molar-refractivity contribution >= 4 is 34.5 Å². The number of hydrogen-bond donors (Lipinski definition) is 0. The number of amides is 1. The van der Waals surface area contributed by atoms with E-state index in [1.54, 1.807) is 35.4 Å². The Morgan fingerprint density at radius 3 is 2.36 bits per heavy atom. The molecule has 0 aliphatic carbocycles. The average molecular weight is 621 g/mol. The summed E-state index contributed by atoms with van der Waals surface area (Å²) in [7, 11) is 0. The number of rotatable bonds is 4. The van der Waals surface area contributed by atoms with Crippen LogP contribution in [0.4, 0.5) is 15.0 Å². The third kappa shape index (κ3) is 5.87. The number of nitrogens with zero attached hydrogens (tertiary/aromatic N) is 6. The SMILES string of the molecule is Cc1ccnc(C(C)C)c1-n1c(=O)nc(N2C[C@@H](C)N(C(=O)OC(C)(C)C)[C@@H](C)C2)c2cc(Cl)c(-c3ccccc3F)nc21. The number of ether oxygens (including phenoxy) is 1. The lowest BCUT2D eigenvalue weighted by Crippen LogP contribution is -2.59. The Morgan fingerprint density at radius 1 is 1.09 bits per heavy atom. The second-order valence-electron chi connectivity index (χ2n) is 12.7. The molecule has 1 aliphatic heterocycles. The first-order chi connectivity index (χ1) is 20.7. The number of fused-ring (bicyclic) bond motifs is 1. The molecule has 3 aromatic heterocycles. The number of hydrogen-bond acceptors (Lipinski definition) is 7. The van der Waals surface area contributed by atoms with E-state index in [0.717, 1.165) is 5.56 Å². The lowest BCUT2D eigenvalue weighted by Gasteiger charge is -2.45. The van der Waals surface area contributed by atoms with Crippen molar-refractivity contribution in [2.45, 2.75) is 79.0 Å². The summed E-state index contributed by atoms with van der Waals surface area (Å²) in [5, 5.41) is 0.745. The Balaban J connectivity index is 1.73. The largest absolute Gasteiger partial charge is 0.444 e. The topological polar surface area (TPSA) is 93.5 Å². The minimum atomic E-state index is -0.631. The maximum atomic E-state index is 15.0. The molecule has 5 rings (SSSR count). The molecule has 4 heterocycles. The number of halogens is 2. The number of pyridine rings is 2. The van der Waals surface area contributed by atoms with Crippen LogP contribution in [0.1, 0.15) is 65.6 Å². The lowest BCUT2D eigenvalue weighted by atomic mass is 10.0. The molecule has 0 radical (unpaired) electrons. The van der Waals surface area contributed by atoms with E-state index >= 15 is 4.39 Å². The standard InChI is InChI=1S/C33H38ClFN6O3/c1-18(2)26-28(19(3)13-14-36-26)41-30-23(15-24(34)27(37-30)22-11-9-10-12-25(22)35)29(38-31(41)42)39-16-20(4)40(21(5)17-39)32(43)44-33(6,7)8/h9-15,18,20-21H,16-17H2,1-8H3/t20-,21+. The van der Waals surface area contributed by atoms with Crippen LogP contribution < -0.4 is 10.6 Å². The van der Waals surface area contributed by atoms with Gasteiger partial charge < -0.3 is 9.64 Å². The number of carbonyl (C=O) groups is 1. The van der Waals surface area contributed by atoms with Crippen molar-refractivity contribution in [3.05, 3.63) is 75.2 Å². The normalized spacial score (nSPS) is 17.4. The van der Waals surface area contributed by atoms with Crippen molar-refractivity contribution in [2.75, 3.05) is 18.0 Å². The summed E-state index contributed by atoms with van der Waals surface area (Å²) in [4.78, 5) is 44.9. The van der Waals surface area contributed by atoms with Crippen LogP contribution in [0, 0.1) is 12.7 Å². The van der Waals surface area contributed by atoms with Crippen molar-refractivity contribution in [3.63, 3.8) is 0 Å². The van der Waals surface area contributed by atoms with E-state index < -0.39 is 23.2 Å². The molecule has 9 nitrogen and oxygen atoms in total. The Kier molecular flexibility index (Phi) is 8.41. The molecule has 1 aliphatic rings. The highest BCUT2D eigenvalue weighted by Gasteiger charge is 2.37. The van der Waals surface area contributed by atoms with Crippen LogP contribution >= 0.6 is 11.6 Å². The molecular formula is C33H38ClFN6O3. The summed E-state index contributed by atoms with van der Waals surface area (Å²) in [5.74, 6) is -0.0934. The van der Waals surface area contributed by atoms with E-state index in [-0.39, 0.29) is 39.9 Å². The smallest absolute Gasteiger partial charge is 0.410 e. The number of benzene rings is 1. The molecule has 232 valence electrons. The van der Waals surface area contributed by atoms with Crippen molar-refractivity contribution in [1.82, 2.24) is 24.4 Å². The summed E-state index contributed by atoms with van der Waals surface area (Å²) < 4.78 is 22.1. The van der Waals surface area contributed by atoms with Crippen LogP contribution in [0.2, 0.25) is 5.02 Å². The summed E-state index contributed by atoms with van der Waals surface area (Å²) in [5.41, 5.74) is 1.66. The maximum absolute atomic E-state index is 15.0. The van der Waals surface area contributed by atoms with Gasteiger partial charge in [-0.3, -0.25) is 9.88 Å². The highest BCUT2D eigenvalue weighted by Crippen LogP contribution is 2.36. The van der Waals surface area contributed by atoms with Gasteiger partial charge in [-0.15, -0.1) is 0 Å². The zero-order valence-electron chi connectivity index (χ0n) is 26.4. The molecule has 2 atom stereocenters. The number of aryl methyl sites for hydroxylation is 1. The molecule has 1 amide bonds. The predicted molar refractivity (Wildman–Crippen MR) is 171 cm³/mol. The summed E-state index contributed by atoms with van der Waals surface area (Å²) in [6.07, 6.45) is 1.32. The molecular weight excluding hydrogens is 583 g/mol. The fourth-order valence-electron chi connectivity index (χ4n) is 5.85. The molecule has 1 aromatic carbocycles. The Hall–Kier alpha value is -4.05. The summed E-state index contributed by atoms with van der Waals surface area (Å²) in [6.45, 7) is 16.1. The molecule has 0 N–H and O–H groups in total. The molecule has 0 spiro atoms. The third-order valence-electron chi connectivity index (χ3n) is 7.68. The van der Waals surface area contributed by atoms with Crippen LogP contribution in [0.3, 0.4) is 0 Å². The molecule has 1 saturated heterocycles. The monoisotopic (exact) mass is 620 g/mol. The predicted octanol–water partition coefficient (Wildman–Crippen LogP) is 6.90. The fourth-order valence-corrected chi connectivity index (χ4v) is 6.10. The second-order valence-corrected chi connectivity index (χ2v) is 13.1. The van der Waals surface area contributed by atoms with E-state index in [4.69, 9.17) is 21.3 Å². The Bertz CT molecular complexity index is 1790. The van der Waals surface area contributed by atoms with Crippen LogP contribution in [0.25, 0.3) is 28.0 Å². The lowest BCUT2D eigenvalue weighted by molar-refractivity contribution is 0.00562. The molecule has 0 bridgehead atoms. The van der Waals surface area contributed by atoms with Crippen molar-refractivity contribution < 1.29 is 13.9 Å². The van der Waals surface area contributed by atoms with Gasteiger partial charge in [-0.2, -0.15) is 4.98 Å². The quantitative estimate of drug-likeness (QED) is 0.245. The zero-order chi connectivity index (χ0) is 32.1. The molecule has 44 heavy (non-hydrogen) atoms. The first-order valence-corrected chi connectivity index (χ1v) is 15.2. The van der Waals surface area contributed by atoms with Crippen LogP contribution in [-0.2, 0) is 4.74 Å². The van der Waals surface area contributed by atoms with Gasteiger partial charge in [0.05, 0.1) is 39.6 Å².